The number of hydrogen-bond donors (Lipinski definition) is 2. The van der Waals surface area contributed by atoms with Gasteiger partial charge in [0.05, 0.1) is 16.8 Å². The standard InChI is InChI=1S/C27H28ClF3N8/c1-17-4-5-18(14-32-19-6-7-21(28)20(13-19)27(29,30)31)12-22(17)36-25-24-23(34-16-35-25)15-33-26(37-24)39-9-3-8-38(2)10-11-39/h4-7,12-13,15-16,32H,3,8-11,14H2,1-2H3,(H,34,35,36). The van der Waals surface area contributed by atoms with Crippen molar-refractivity contribution in [2.24, 2.45) is 0 Å². The van der Waals surface area contributed by atoms with Gasteiger partial charge in [0.1, 0.15) is 17.4 Å². The van der Waals surface area contributed by atoms with E-state index in [1.165, 1.54) is 18.5 Å². The number of fused-ring (bicyclic) bond motifs is 1. The molecule has 1 aliphatic heterocycles. The lowest BCUT2D eigenvalue weighted by Gasteiger charge is -2.20. The molecule has 0 saturated carbocycles. The Hall–Kier alpha value is -3.70. The Morgan fingerprint density at radius 2 is 1.85 bits per heavy atom. The van der Waals surface area contributed by atoms with E-state index in [4.69, 9.17) is 16.6 Å². The Labute approximate surface area is 229 Å². The van der Waals surface area contributed by atoms with Crippen LogP contribution in [0.25, 0.3) is 11.0 Å². The lowest BCUT2D eigenvalue weighted by Crippen LogP contribution is -2.30. The van der Waals surface area contributed by atoms with Gasteiger partial charge in [-0.3, -0.25) is 0 Å². The van der Waals surface area contributed by atoms with Crippen molar-refractivity contribution in [2.45, 2.75) is 26.1 Å². The molecule has 2 aromatic carbocycles. The number of rotatable bonds is 6. The second-order valence-corrected chi connectivity index (χ2v) is 10.00. The molecule has 0 unspecified atom stereocenters. The highest BCUT2D eigenvalue weighted by Gasteiger charge is 2.33. The third-order valence-corrected chi connectivity index (χ3v) is 7.02. The van der Waals surface area contributed by atoms with Gasteiger partial charge in [0, 0.05) is 37.6 Å². The van der Waals surface area contributed by atoms with Gasteiger partial charge in [0.15, 0.2) is 5.82 Å². The van der Waals surface area contributed by atoms with E-state index in [1.54, 1.807) is 6.20 Å². The van der Waals surface area contributed by atoms with Crippen molar-refractivity contribution >= 4 is 45.8 Å². The quantitative estimate of drug-likeness (QED) is 0.304. The van der Waals surface area contributed by atoms with Crippen LogP contribution in [0.1, 0.15) is 23.1 Å². The van der Waals surface area contributed by atoms with Crippen molar-refractivity contribution < 1.29 is 13.2 Å². The first kappa shape index (κ1) is 26.9. The smallest absolute Gasteiger partial charge is 0.381 e. The fraction of sp³-hybridized carbons (Fsp3) is 0.333. The predicted octanol–water partition coefficient (Wildman–Crippen LogP) is 5.90. The zero-order chi connectivity index (χ0) is 27.6. The van der Waals surface area contributed by atoms with Crippen molar-refractivity contribution in [3.05, 3.63) is 70.6 Å². The molecule has 0 atom stereocenters. The molecule has 2 aromatic heterocycles. The number of alkyl halides is 3. The number of aryl methyl sites for hydroxylation is 1. The molecule has 0 amide bonds. The highest BCUT2D eigenvalue weighted by molar-refractivity contribution is 6.31. The molecular formula is C27H28ClF3N8. The van der Waals surface area contributed by atoms with E-state index in [9.17, 15) is 13.2 Å². The van der Waals surface area contributed by atoms with Crippen LogP contribution in [0.15, 0.2) is 48.9 Å². The normalized spacial score (nSPS) is 14.9. The Bertz CT molecular complexity index is 1480. The van der Waals surface area contributed by atoms with Crippen molar-refractivity contribution in [3.63, 3.8) is 0 Å². The lowest BCUT2D eigenvalue weighted by molar-refractivity contribution is -0.137. The first-order valence-corrected chi connectivity index (χ1v) is 12.9. The monoisotopic (exact) mass is 556 g/mol. The third-order valence-electron chi connectivity index (χ3n) is 6.69. The van der Waals surface area contributed by atoms with Crippen molar-refractivity contribution in [3.8, 4) is 0 Å². The summed E-state index contributed by atoms with van der Waals surface area (Å²) in [6.07, 6.45) is -0.313. The first-order valence-electron chi connectivity index (χ1n) is 12.6. The van der Waals surface area contributed by atoms with Crippen LogP contribution in [0, 0.1) is 6.92 Å². The van der Waals surface area contributed by atoms with Gasteiger partial charge in [-0.15, -0.1) is 0 Å². The highest BCUT2D eigenvalue weighted by atomic mass is 35.5. The molecular weight excluding hydrogens is 529 g/mol. The van der Waals surface area contributed by atoms with E-state index < -0.39 is 11.7 Å². The summed E-state index contributed by atoms with van der Waals surface area (Å²) in [5.74, 6) is 1.20. The Balaban J connectivity index is 1.37. The minimum atomic E-state index is -4.52. The zero-order valence-electron chi connectivity index (χ0n) is 21.6. The fourth-order valence-electron chi connectivity index (χ4n) is 4.43. The first-order chi connectivity index (χ1) is 18.7. The van der Waals surface area contributed by atoms with Crippen LogP contribution in [0.5, 0.6) is 0 Å². The van der Waals surface area contributed by atoms with Crippen molar-refractivity contribution in [2.75, 3.05) is 48.8 Å². The van der Waals surface area contributed by atoms with E-state index in [1.807, 2.05) is 25.1 Å². The van der Waals surface area contributed by atoms with Crippen LogP contribution in [0.4, 0.5) is 36.3 Å². The molecule has 5 rings (SSSR count). The molecule has 3 heterocycles. The van der Waals surface area contributed by atoms with Crippen LogP contribution in [-0.4, -0.2) is 58.1 Å². The van der Waals surface area contributed by atoms with Crippen LogP contribution >= 0.6 is 11.6 Å². The maximum Gasteiger partial charge on any atom is 0.417 e. The van der Waals surface area contributed by atoms with Gasteiger partial charge in [-0.1, -0.05) is 23.7 Å². The molecule has 2 N–H and O–H groups in total. The molecule has 1 saturated heterocycles. The number of nitrogens with zero attached hydrogens (tertiary/aromatic N) is 6. The zero-order valence-corrected chi connectivity index (χ0v) is 22.3. The molecule has 0 bridgehead atoms. The Morgan fingerprint density at radius 1 is 1.00 bits per heavy atom. The van der Waals surface area contributed by atoms with Gasteiger partial charge < -0.3 is 20.4 Å². The lowest BCUT2D eigenvalue weighted by atomic mass is 10.1. The van der Waals surface area contributed by atoms with Crippen LogP contribution < -0.4 is 15.5 Å². The maximum atomic E-state index is 13.2. The largest absolute Gasteiger partial charge is 0.417 e. The number of likely N-dealkylation sites (N-methyl/N-ethyl adjacent to an activating group) is 1. The summed E-state index contributed by atoms with van der Waals surface area (Å²) in [5, 5.41) is 6.10. The van der Waals surface area contributed by atoms with E-state index in [2.05, 4.69) is 42.4 Å². The maximum absolute atomic E-state index is 13.2. The SMILES string of the molecule is Cc1ccc(CNc2ccc(Cl)c(C(F)(F)F)c2)cc1Nc1ncnc2cnc(N3CCCN(C)CC3)nc12. The number of halogens is 4. The van der Waals surface area contributed by atoms with E-state index in [0.29, 0.717) is 35.0 Å². The van der Waals surface area contributed by atoms with E-state index in [0.717, 1.165) is 55.5 Å². The van der Waals surface area contributed by atoms with Gasteiger partial charge in [0.25, 0.3) is 0 Å². The van der Waals surface area contributed by atoms with Gasteiger partial charge in [-0.25, -0.2) is 19.9 Å². The second kappa shape index (κ2) is 11.2. The average molecular weight is 557 g/mol. The summed E-state index contributed by atoms with van der Waals surface area (Å²) in [4.78, 5) is 22.6. The van der Waals surface area contributed by atoms with Gasteiger partial charge in [0.2, 0.25) is 5.95 Å². The molecule has 204 valence electrons. The van der Waals surface area contributed by atoms with Crippen molar-refractivity contribution in [1.29, 1.82) is 0 Å². The summed E-state index contributed by atoms with van der Waals surface area (Å²) >= 11 is 5.74. The Kier molecular flexibility index (Phi) is 7.72. The van der Waals surface area contributed by atoms with Gasteiger partial charge >= 0.3 is 6.18 Å². The molecule has 0 radical (unpaired) electrons. The summed E-state index contributed by atoms with van der Waals surface area (Å²) in [6, 6.07) is 9.58. The third kappa shape index (κ3) is 6.31. The molecule has 1 aliphatic rings. The van der Waals surface area contributed by atoms with Gasteiger partial charge in [-0.05, 0) is 62.3 Å². The summed E-state index contributed by atoms with van der Waals surface area (Å²) in [6.45, 7) is 5.96. The summed E-state index contributed by atoms with van der Waals surface area (Å²) < 4.78 is 39.7. The molecule has 0 spiro atoms. The number of anilines is 4. The molecule has 12 heteroatoms. The van der Waals surface area contributed by atoms with E-state index >= 15 is 0 Å². The van der Waals surface area contributed by atoms with Crippen LogP contribution in [0.2, 0.25) is 5.02 Å². The number of benzene rings is 2. The highest BCUT2D eigenvalue weighted by Crippen LogP contribution is 2.36. The minimum Gasteiger partial charge on any atom is -0.381 e. The average Bonchev–Trinajstić information content (AvgIpc) is 3.13. The number of aromatic nitrogens is 4. The summed E-state index contributed by atoms with van der Waals surface area (Å²) in [7, 11) is 2.11. The molecule has 4 aromatic rings. The molecule has 1 fully saturated rings. The van der Waals surface area contributed by atoms with Crippen LogP contribution in [-0.2, 0) is 12.7 Å². The van der Waals surface area contributed by atoms with E-state index in [-0.39, 0.29) is 5.02 Å². The second-order valence-electron chi connectivity index (χ2n) is 9.59. The number of hydrogen-bond acceptors (Lipinski definition) is 8. The van der Waals surface area contributed by atoms with Crippen LogP contribution in [0.3, 0.4) is 0 Å². The minimum absolute atomic E-state index is 0.314. The summed E-state index contributed by atoms with van der Waals surface area (Å²) in [5.41, 5.74) is 3.34. The fourth-order valence-corrected chi connectivity index (χ4v) is 4.66. The molecule has 8 nitrogen and oxygen atoms in total. The van der Waals surface area contributed by atoms with Crippen molar-refractivity contribution in [1.82, 2.24) is 24.8 Å². The Morgan fingerprint density at radius 3 is 2.67 bits per heavy atom. The van der Waals surface area contributed by atoms with Gasteiger partial charge in [-0.2, -0.15) is 13.2 Å². The molecule has 39 heavy (non-hydrogen) atoms. The molecule has 0 aliphatic carbocycles. The number of nitrogens with one attached hydrogen (secondary N) is 2. The predicted molar refractivity (Wildman–Crippen MR) is 148 cm³/mol. The topological polar surface area (TPSA) is 82.1 Å².